The monoisotopic (exact) mass is 389 g/mol. The molecular weight excluding hydrogens is 381 g/mol. The van der Waals surface area contributed by atoms with E-state index in [1.165, 1.54) is 0 Å². The number of rotatable bonds is 2. The van der Waals surface area contributed by atoms with Crippen molar-refractivity contribution in [2.24, 2.45) is 0 Å². The van der Waals surface area contributed by atoms with Crippen molar-refractivity contribution >= 4 is 49.4 Å². The molecule has 0 unspecified atom stereocenters. The third-order valence-electron chi connectivity index (χ3n) is 2.54. The van der Waals surface area contributed by atoms with Gasteiger partial charge in [0, 0.05) is 19.6 Å². The van der Waals surface area contributed by atoms with Crippen LogP contribution >= 0.6 is 43.5 Å². The lowest BCUT2D eigenvalue weighted by Gasteiger charge is -2.16. The number of amides is 1. The molecule has 0 aromatic heterocycles. The molecule has 1 aromatic rings. The Balaban J connectivity index is 2.17. The molecule has 1 N–H and O–H groups in total. The summed E-state index contributed by atoms with van der Waals surface area (Å²) in [6.45, 7) is 0. The summed E-state index contributed by atoms with van der Waals surface area (Å²) in [6, 6.07) is 6.80. The van der Waals surface area contributed by atoms with Crippen LogP contribution in [0.5, 0.6) is 0 Å². The quantitative estimate of drug-likeness (QED) is 0.775. The van der Waals surface area contributed by atoms with Gasteiger partial charge in [0.15, 0.2) is 0 Å². The summed E-state index contributed by atoms with van der Waals surface area (Å²) in [7, 11) is 0. The minimum absolute atomic E-state index is 0.147. The Morgan fingerprint density at radius 2 is 1.89 bits per heavy atom. The standard InChI is InChI=1S/C13H10Br2ClNO/c14-10-2-1-3-11(15)12(10)17-13(18)8-4-6-9(16)7-5-8/h2,4-7H,1,3H2,(H,17,18). The topological polar surface area (TPSA) is 29.1 Å². The maximum atomic E-state index is 12.1. The molecule has 2 nitrogen and oxygen atoms in total. The second-order valence-electron chi connectivity index (χ2n) is 3.83. The average molecular weight is 391 g/mol. The highest BCUT2D eigenvalue weighted by Crippen LogP contribution is 2.31. The molecule has 1 aromatic carbocycles. The van der Waals surface area contributed by atoms with Crippen LogP contribution in [0.3, 0.4) is 0 Å². The largest absolute Gasteiger partial charge is 0.320 e. The molecule has 0 saturated carbocycles. The summed E-state index contributed by atoms with van der Waals surface area (Å²) in [5.41, 5.74) is 1.37. The lowest BCUT2D eigenvalue weighted by molar-refractivity contribution is 0.0966. The average Bonchev–Trinajstić information content (AvgIpc) is 2.34. The van der Waals surface area contributed by atoms with E-state index in [1.54, 1.807) is 24.3 Å². The lowest BCUT2D eigenvalue weighted by atomic mass is 10.1. The molecule has 0 spiro atoms. The first-order valence-electron chi connectivity index (χ1n) is 5.39. The summed E-state index contributed by atoms with van der Waals surface area (Å²) in [6.07, 6.45) is 3.90. The summed E-state index contributed by atoms with van der Waals surface area (Å²) >= 11 is 12.7. The van der Waals surface area contributed by atoms with Gasteiger partial charge in [-0.1, -0.05) is 33.6 Å². The molecule has 0 heterocycles. The Kier molecular flexibility index (Phi) is 4.65. The number of carbonyl (C=O) groups excluding carboxylic acids is 1. The van der Waals surface area contributed by atoms with Gasteiger partial charge in [0.05, 0.1) is 5.70 Å². The molecule has 0 radical (unpaired) electrons. The molecular formula is C13H10Br2ClNO. The van der Waals surface area contributed by atoms with E-state index >= 15 is 0 Å². The van der Waals surface area contributed by atoms with Crippen molar-refractivity contribution in [3.8, 4) is 0 Å². The summed E-state index contributed by atoms with van der Waals surface area (Å²) < 4.78 is 1.90. The second-order valence-corrected chi connectivity index (χ2v) is 6.08. The number of allylic oxidation sites excluding steroid dienone is 3. The fourth-order valence-electron chi connectivity index (χ4n) is 1.60. The maximum Gasteiger partial charge on any atom is 0.255 e. The van der Waals surface area contributed by atoms with Gasteiger partial charge in [-0.15, -0.1) is 0 Å². The minimum atomic E-state index is -0.147. The predicted molar refractivity (Wildman–Crippen MR) is 81.1 cm³/mol. The fraction of sp³-hybridized carbons (Fsp3) is 0.154. The second kappa shape index (κ2) is 6.04. The molecule has 1 amide bonds. The molecule has 0 atom stereocenters. The van der Waals surface area contributed by atoms with Crippen LogP contribution in [-0.2, 0) is 0 Å². The van der Waals surface area contributed by atoms with Gasteiger partial charge in [-0.2, -0.15) is 0 Å². The van der Waals surface area contributed by atoms with Gasteiger partial charge in [-0.25, -0.2) is 0 Å². The molecule has 0 saturated heterocycles. The van der Waals surface area contributed by atoms with E-state index in [1.807, 2.05) is 6.08 Å². The Hall–Kier alpha value is -0.580. The molecule has 0 bridgehead atoms. The third kappa shape index (κ3) is 3.25. The lowest BCUT2D eigenvalue weighted by Crippen LogP contribution is -2.24. The van der Waals surface area contributed by atoms with Crippen molar-refractivity contribution in [2.45, 2.75) is 12.8 Å². The number of halogens is 3. The SMILES string of the molecule is O=C(NC1=C(Br)CCC=C1Br)c1ccc(Cl)cc1. The molecule has 94 valence electrons. The minimum Gasteiger partial charge on any atom is -0.320 e. The van der Waals surface area contributed by atoms with E-state index in [4.69, 9.17) is 11.6 Å². The van der Waals surface area contributed by atoms with Crippen LogP contribution in [-0.4, -0.2) is 5.91 Å². The van der Waals surface area contributed by atoms with Gasteiger partial charge in [0.2, 0.25) is 0 Å². The summed E-state index contributed by atoms with van der Waals surface area (Å²) in [5, 5.41) is 3.51. The van der Waals surface area contributed by atoms with Crippen LogP contribution in [0.4, 0.5) is 0 Å². The highest BCUT2D eigenvalue weighted by Gasteiger charge is 2.16. The Bertz CT molecular complexity index is 534. The normalized spacial score (nSPS) is 15.4. The van der Waals surface area contributed by atoms with Crippen LogP contribution in [0.25, 0.3) is 0 Å². The van der Waals surface area contributed by atoms with Gasteiger partial charge in [-0.3, -0.25) is 4.79 Å². The van der Waals surface area contributed by atoms with E-state index in [2.05, 4.69) is 37.2 Å². The Morgan fingerprint density at radius 3 is 2.50 bits per heavy atom. The zero-order chi connectivity index (χ0) is 13.1. The zero-order valence-corrected chi connectivity index (χ0v) is 13.3. The van der Waals surface area contributed by atoms with Gasteiger partial charge < -0.3 is 5.32 Å². The van der Waals surface area contributed by atoms with Crippen molar-refractivity contribution < 1.29 is 4.79 Å². The smallest absolute Gasteiger partial charge is 0.255 e. The maximum absolute atomic E-state index is 12.1. The van der Waals surface area contributed by atoms with Crippen LogP contribution in [0.15, 0.2) is 45.0 Å². The van der Waals surface area contributed by atoms with E-state index < -0.39 is 0 Å². The van der Waals surface area contributed by atoms with Crippen molar-refractivity contribution in [3.63, 3.8) is 0 Å². The van der Waals surface area contributed by atoms with Crippen LogP contribution in [0.2, 0.25) is 5.02 Å². The Labute approximate surface area is 127 Å². The third-order valence-corrected chi connectivity index (χ3v) is 4.31. The van der Waals surface area contributed by atoms with Crippen molar-refractivity contribution in [2.75, 3.05) is 0 Å². The van der Waals surface area contributed by atoms with Gasteiger partial charge in [0.1, 0.15) is 0 Å². The van der Waals surface area contributed by atoms with E-state index in [9.17, 15) is 4.79 Å². The molecule has 0 aliphatic heterocycles. The molecule has 18 heavy (non-hydrogen) atoms. The first kappa shape index (κ1) is 13.8. The number of hydrogen-bond acceptors (Lipinski definition) is 1. The molecule has 2 rings (SSSR count). The first-order valence-corrected chi connectivity index (χ1v) is 7.36. The van der Waals surface area contributed by atoms with Gasteiger partial charge in [0.25, 0.3) is 5.91 Å². The molecule has 1 aliphatic carbocycles. The zero-order valence-electron chi connectivity index (χ0n) is 9.34. The van der Waals surface area contributed by atoms with Gasteiger partial charge >= 0.3 is 0 Å². The fourth-order valence-corrected chi connectivity index (χ4v) is 3.10. The highest BCUT2D eigenvalue weighted by molar-refractivity contribution is 9.12. The summed E-state index contributed by atoms with van der Waals surface area (Å²) in [4.78, 5) is 12.1. The number of carbonyl (C=O) groups is 1. The van der Waals surface area contributed by atoms with E-state index in [0.29, 0.717) is 10.6 Å². The number of nitrogens with one attached hydrogen (secondary N) is 1. The molecule has 0 fully saturated rings. The van der Waals surface area contributed by atoms with Crippen LogP contribution in [0.1, 0.15) is 23.2 Å². The van der Waals surface area contributed by atoms with Crippen molar-refractivity contribution in [3.05, 3.63) is 55.6 Å². The predicted octanol–water partition coefficient (Wildman–Crippen LogP) is 4.75. The first-order chi connectivity index (χ1) is 8.58. The number of hydrogen-bond donors (Lipinski definition) is 1. The van der Waals surface area contributed by atoms with E-state index in [0.717, 1.165) is 27.5 Å². The van der Waals surface area contributed by atoms with Crippen molar-refractivity contribution in [1.29, 1.82) is 0 Å². The highest BCUT2D eigenvalue weighted by atomic mass is 79.9. The molecule has 5 heteroatoms. The summed E-state index contributed by atoms with van der Waals surface area (Å²) in [5.74, 6) is -0.147. The number of benzene rings is 1. The van der Waals surface area contributed by atoms with Gasteiger partial charge in [-0.05, 0) is 53.0 Å². The van der Waals surface area contributed by atoms with Crippen molar-refractivity contribution in [1.82, 2.24) is 5.32 Å². The van der Waals surface area contributed by atoms with Crippen LogP contribution in [0, 0.1) is 0 Å². The Morgan fingerprint density at radius 1 is 1.22 bits per heavy atom. The van der Waals surface area contributed by atoms with Crippen LogP contribution < -0.4 is 5.32 Å². The molecule has 1 aliphatic rings. The van der Waals surface area contributed by atoms with E-state index in [-0.39, 0.29) is 5.91 Å².